The summed E-state index contributed by atoms with van der Waals surface area (Å²) in [6.07, 6.45) is 5.47. The number of aromatic nitrogens is 1. The minimum absolute atomic E-state index is 0.0180. The number of carbonyl (C=O) groups excluding carboxylic acids is 3. The van der Waals surface area contributed by atoms with Gasteiger partial charge in [-0.05, 0) is 84.8 Å². The molecular formula is C37H30N4O3S2. The third kappa shape index (κ3) is 7.06. The van der Waals surface area contributed by atoms with Crippen molar-refractivity contribution in [3.8, 4) is 0 Å². The molecule has 46 heavy (non-hydrogen) atoms. The molecule has 7 nitrogen and oxygen atoms in total. The Morgan fingerprint density at radius 3 is 2.11 bits per heavy atom. The fourth-order valence-corrected chi connectivity index (χ4v) is 7.00. The highest BCUT2D eigenvalue weighted by Gasteiger charge is 2.32. The standard InChI is InChI=1S/C37H30N4O3S2/c1-2-32(37(44)41-30-14-6-8-16-33(30)46-34-17-9-7-15-31(34)41)45-28-20-18-27(19-21-28)39-36(43)29(23-25-11-10-22-38-24-25)40-35(42)26-12-4-3-5-13-26/h3-24,32H,2H2,1H3,(H,39,43)(H,40,42)/b29-23-. The number of amides is 3. The monoisotopic (exact) mass is 642 g/mol. The molecule has 2 N–H and O–H groups in total. The van der Waals surface area contributed by atoms with Crippen molar-refractivity contribution in [1.82, 2.24) is 10.3 Å². The van der Waals surface area contributed by atoms with E-state index in [9.17, 15) is 14.4 Å². The van der Waals surface area contributed by atoms with Crippen LogP contribution in [0.5, 0.6) is 0 Å². The van der Waals surface area contributed by atoms with Gasteiger partial charge in [-0.15, -0.1) is 11.8 Å². The number of rotatable bonds is 9. The van der Waals surface area contributed by atoms with Crippen LogP contribution in [0.4, 0.5) is 17.1 Å². The largest absolute Gasteiger partial charge is 0.321 e. The molecule has 0 fully saturated rings. The SMILES string of the molecule is CCC(Sc1ccc(NC(=O)/C(=C/c2cccnc2)NC(=O)c2ccccc2)cc1)C(=O)N1c2ccccc2Sc2ccccc21. The van der Waals surface area contributed by atoms with E-state index in [0.29, 0.717) is 23.2 Å². The first-order valence-electron chi connectivity index (χ1n) is 14.8. The summed E-state index contributed by atoms with van der Waals surface area (Å²) in [5.41, 5.74) is 3.52. The Bertz CT molecular complexity index is 1850. The fourth-order valence-electron chi connectivity index (χ4n) is 4.94. The Balaban J connectivity index is 1.17. The van der Waals surface area contributed by atoms with Gasteiger partial charge in [0, 0.05) is 38.3 Å². The number of carbonyl (C=O) groups is 3. The van der Waals surface area contributed by atoms with E-state index in [1.807, 2.05) is 78.6 Å². The zero-order valence-electron chi connectivity index (χ0n) is 24.9. The van der Waals surface area contributed by atoms with Crippen molar-refractivity contribution >= 4 is 64.4 Å². The summed E-state index contributed by atoms with van der Waals surface area (Å²) in [4.78, 5) is 49.3. The smallest absolute Gasteiger partial charge is 0.272 e. The number of benzene rings is 4. The van der Waals surface area contributed by atoms with Crippen molar-refractivity contribution < 1.29 is 14.4 Å². The van der Waals surface area contributed by atoms with E-state index >= 15 is 0 Å². The summed E-state index contributed by atoms with van der Waals surface area (Å²) < 4.78 is 0. The maximum atomic E-state index is 14.1. The zero-order chi connectivity index (χ0) is 31.9. The second-order valence-electron chi connectivity index (χ2n) is 10.4. The molecule has 5 aromatic rings. The molecule has 0 aliphatic carbocycles. The van der Waals surface area contributed by atoms with Crippen LogP contribution >= 0.6 is 23.5 Å². The van der Waals surface area contributed by atoms with Crippen LogP contribution in [-0.2, 0) is 9.59 Å². The summed E-state index contributed by atoms with van der Waals surface area (Å²) in [6, 6.07) is 35.6. The highest BCUT2D eigenvalue weighted by atomic mass is 32.2. The molecule has 6 rings (SSSR count). The van der Waals surface area contributed by atoms with E-state index in [1.54, 1.807) is 78.8 Å². The number of nitrogens with one attached hydrogen (secondary N) is 2. The highest BCUT2D eigenvalue weighted by Crippen LogP contribution is 2.48. The average Bonchev–Trinajstić information content (AvgIpc) is 3.10. The number of anilines is 3. The quantitative estimate of drug-likeness (QED) is 0.124. The van der Waals surface area contributed by atoms with Gasteiger partial charge in [0.1, 0.15) is 5.70 Å². The Morgan fingerprint density at radius 2 is 1.48 bits per heavy atom. The molecule has 3 amide bonds. The van der Waals surface area contributed by atoms with Gasteiger partial charge >= 0.3 is 0 Å². The summed E-state index contributed by atoms with van der Waals surface area (Å²) in [5.74, 6) is -0.856. The summed E-state index contributed by atoms with van der Waals surface area (Å²) in [7, 11) is 0. The Labute approximate surface area is 276 Å². The molecule has 9 heteroatoms. The van der Waals surface area contributed by atoms with Gasteiger partial charge in [-0.1, -0.05) is 67.2 Å². The second kappa shape index (κ2) is 14.3. The number of fused-ring (bicyclic) bond motifs is 2. The van der Waals surface area contributed by atoms with Gasteiger partial charge in [0.05, 0.1) is 16.6 Å². The first-order valence-corrected chi connectivity index (χ1v) is 16.5. The summed E-state index contributed by atoms with van der Waals surface area (Å²) in [6.45, 7) is 2.01. The van der Waals surface area contributed by atoms with Crippen molar-refractivity contribution in [2.24, 2.45) is 0 Å². The van der Waals surface area contributed by atoms with Crippen molar-refractivity contribution in [1.29, 1.82) is 0 Å². The molecule has 1 unspecified atom stereocenters. The van der Waals surface area contributed by atoms with Crippen LogP contribution < -0.4 is 15.5 Å². The van der Waals surface area contributed by atoms with Gasteiger partial charge in [0.15, 0.2) is 0 Å². The van der Waals surface area contributed by atoms with Crippen LogP contribution in [-0.4, -0.2) is 28.0 Å². The predicted octanol–water partition coefficient (Wildman–Crippen LogP) is 8.19. The van der Waals surface area contributed by atoms with Crippen molar-refractivity contribution in [2.75, 3.05) is 10.2 Å². The maximum Gasteiger partial charge on any atom is 0.272 e. The third-order valence-corrected chi connectivity index (χ3v) is 9.71. The van der Waals surface area contributed by atoms with E-state index < -0.39 is 11.8 Å². The third-order valence-electron chi connectivity index (χ3n) is 7.21. The van der Waals surface area contributed by atoms with Gasteiger partial charge in [-0.3, -0.25) is 24.3 Å². The molecule has 0 radical (unpaired) electrons. The van der Waals surface area contributed by atoms with E-state index in [1.165, 1.54) is 11.8 Å². The average molecular weight is 643 g/mol. The van der Waals surface area contributed by atoms with E-state index in [4.69, 9.17) is 0 Å². The molecule has 228 valence electrons. The molecular weight excluding hydrogens is 613 g/mol. The maximum absolute atomic E-state index is 14.1. The zero-order valence-corrected chi connectivity index (χ0v) is 26.6. The van der Waals surface area contributed by atoms with Gasteiger partial charge in [0.25, 0.3) is 11.8 Å². The van der Waals surface area contributed by atoms with Crippen molar-refractivity contribution in [3.63, 3.8) is 0 Å². The normalized spacial score (nSPS) is 12.8. The second-order valence-corrected chi connectivity index (χ2v) is 12.7. The van der Waals surface area contributed by atoms with Gasteiger partial charge in [-0.2, -0.15) is 0 Å². The van der Waals surface area contributed by atoms with Crippen molar-refractivity contribution in [2.45, 2.75) is 33.3 Å². The van der Waals surface area contributed by atoms with Crippen LogP contribution in [0.2, 0.25) is 0 Å². The number of thioether (sulfide) groups is 1. The molecule has 0 saturated carbocycles. The minimum Gasteiger partial charge on any atom is -0.321 e. The first-order chi connectivity index (χ1) is 22.5. The predicted molar refractivity (Wildman–Crippen MR) is 185 cm³/mol. The number of nitrogens with zero attached hydrogens (tertiary/aromatic N) is 2. The van der Waals surface area contributed by atoms with E-state index in [0.717, 1.165) is 26.1 Å². The number of pyridine rings is 1. The molecule has 1 aliphatic rings. The summed E-state index contributed by atoms with van der Waals surface area (Å²) in [5, 5.41) is 5.29. The Morgan fingerprint density at radius 1 is 0.826 bits per heavy atom. The lowest BCUT2D eigenvalue weighted by Crippen LogP contribution is -2.35. The van der Waals surface area contributed by atoms with Gasteiger partial charge in [-0.25, -0.2) is 0 Å². The van der Waals surface area contributed by atoms with Crippen LogP contribution in [0.25, 0.3) is 6.08 Å². The Hall–Kier alpha value is -5.12. The van der Waals surface area contributed by atoms with E-state index in [-0.39, 0.29) is 16.9 Å². The molecule has 0 spiro atoms. The first kappa shape index (κ1) is 30.9. The molecule has 0 bridgehead atoms. The topological polar surface area (TPSA) is 91.4 Å². The van der Waals surface area contributed by atoms with E-state index in [2.05, 4.69) is 15.6 Å². The molecule has 1 atom stereocenters. The lowest BCUT2D eigenvalue weighted by atomic mass is 10.2. The molecule has 1 aliphatic heterocycles. The van der Waals surface area contributed by atoms with Crippen LogP contribution in [0, 0.1) is 0 Å². The molecule has 4 aromatic carbocycles. The molecule has 2 heterocycles. The summed E-state index contributed by atoms with van der Waals surface area (Å²) >= 11 is 3.17. The van der Waals surface area contributed by atoms with Crippen LogP contribution in [0.15, 0.2) is 148 Å². The lowest BCUT2D eigenvalue weighted by molar-refractivity contribution is -0.117. The van der Waals surface area contributed by atoms with Crippen LogP contribution in [0.1, 0.15) is 29.3 Å². The molecule has 0 saturated heterocycles. The van der Waals surface area contributed by atoms with Gasteiger partial charge in [0.2, 0.25) is 5.91 Å². The fraction of sp³-hybridized carbons (Fsp3) is 0.0811. The Kier molecular flexibility index (Phi) is 9.62. The van der Waals surface area contributed by atoms with Crippen molar-refractivity contribution in [3.05, 3.63) is 144 Å². The number of para-hydroxylation sites is 2. The number of hydrogen-bond acceptors (Lipinski definition) is 6. The molecule has 1 aromatic heterocycles. The number of hydrogen-bond donors (Lipinski definition) is 2. The van der Waals surface area contributed by atoms with Crippen LogP contribution in [0.3, 0.4) is 0 Å². The minimum atomic E-state index is -0.476. The van der Waals surface area contributed by atoms with Gasteiger partial charge < -0.3 is 10.6 Å². The lowest BCUT2D eigenvalue weighted by Gasteiger charge is -2.33. The highest BCUT2D eigenvalue weighted by molar-refractivity contribution is 8.00.